The molecule has 144 valence electrons. The molecule has 1 N–H and O–H groups in total. The van der Waals surface area contributed by atoms with E-state index in [1.54, 1.807) is 16.8 Å². The molecule has 0 spiro atoms. The molecule has 0 aliphatic rings. The number of benzene rings is 3. The number of carbonyl (C=O) groups is 1. The van der Waals surface area contributed by atoms with Crippen molar-refractivity contribution < 1.29 is 9.18 Å². The van der Waals surface area contributed by atoms with E-state index in [2.05, 4.69) is 31.3 Å². The smallest absolute Gasteiger partial charge is 0.291 e. The van der Waals surface area contributed by atoms with Gasteiger partial charge in [0.25, 0.3) is 5.91 Å². The molecule has 0 atom stereocenters. The van der Waals surface area contributed by atoms with Crippen LogP contribution in [0.5, 0.6) is 0 Å². The number of carbonyl (C=O) groups excluding carboxylic acids is 1. The minimum atomic E-state index is -0.381. The molecule has 0 aliphatic heterocycles. The summed E-state index contributed by atoms with van der Waals surface area (Å²) in [7, 11) is 0. The maximum atomic E-state index is 13.4. The first-order valence-electron chi connectivity index (χ1n) is 8.91. The van der Waals surface area contributed by atoms with Gasteiger partial charge in [-0.15, -0.1) is 5.10 Å². The normalized spacial score (nSPS) is 10.7. The molecule has 1 heterocycles. The topological polar surface area (TPSA) is 59.8 Å². The Balaban J connectivity index is 1.68. The molecule has 0 bridgehead atoms. The van der Waals surface area contributed by atoms with E-state index in [-0.39, 0.29) is 17.5 Å². The molecular formula is C22H16BrFN4O. The van der Waals surface area contributed by atoms with Crippen molar-refractivity contribution in [3.63, 3.8) is 0 Å². The molecule has 5 nitrogen and oxygen atoms in total. The van der Waals surface area contributed by atoms with E-state index in [4.69, 9.17) is 0 Å². The van der Waals surface area contributed by atoms with Crippen LogP contribution >= 0.6 is 15.9 Å². The number of nitrogens with one attached hydrogen (secondary N) is 1. The van der Waals surface area contributed by atoms with Gasteiger partial charge >= 0.3 is 0 Å². The zero-order valence-electron chi connectivity index (χ0n) is 15.2. The number of rotatable bonds is 5. The van der Waals surface area contributed by atoms with Crippen LogP contribution < -0.4 is 5.32 Å². The number of hydrogen-bond donors (Lipinski definition) is 1. The molecule has 1 amide bonds. The van der Waals surface area contributed by atoms with E-state index in [0.717, 1.165) is 15.7 Å². The molecular weight excluding hydrogens is 435 g/mol. The quantitative estimate of drug-likeness (QED) is 0.476. The molecule has 4 rings (SSSR count). The Morgan fingerprint density at radius 2 is 1.66 bits per heavy atom. The largest absolute Gasteiger partial charge is 0.345 e. The maximum Gasteiger partial charge on any atom is 0.291 e. The molecule has 0 aliphatic carbocycles. The van der Waals surface area contributed by atoms with Crippen molar-refractivity contribution in [3.05, 3.63) is 101 Å². The standard InChI is InChI=1S/C22H16BrFN4O/c23-17-8-12-19(13-9-17)28-21(16-6-10-18(24)11-7-16)26-20(27-28)22(29)25-14-15-4-2-1-3-5-15/h1-13H,14H2,(H,25,29). The van der Waals surface area contributed by atoms with Crippen LogP contribution in [0.2, 0.25) is 0 Å². The predicted octanol–water partition coefficient (Wildman–Crippen LogP) is 4.77. The van der Waals surface area contributed by atoms with Crippen LogP contribution in [0.25, 0.3) is 17.1 Å². The SMILES string of the molecule is O=C(NCc1ccccc1)c1nc(-c2ccc(F)cc2)n(-c2ccc(Br)cc2)n1. The van der Waals surface area contributed by atoms with Gasteiger partial charge in [0, 0.05) is 16.6 Å². The van der Waals surface area contributed by atoms with E-state index in [1.165, 1.54) is 12.1 Å². The monoisotopic (exact) mass is 450 g/mol. The minimum absolute atomic E-state index is 0.0446. The summed E-state index contributed by atoms with van der Waals surface area (Å²) in [6.45, 7) is 0.373. The molecule has 0 unspecified atom stereocenters. The first-order valence-corrected chi connectivity index (χ1v) is 9.70. The van der Waals surface area contributed by atoms with E-state index < -0.39 is 0 Å². The average molecular weight is 451 g/mol. The minimum Gasteiger partial charge on any atom is -0.345 e. The maximum absolute atomic E-state index is 13.4. The number of amides is 1. The summed E-state index contributed by atoms with van der Waals surface area (Å²) in [6.07, 6.45) is 0. The van der Waals surface area contributed by atoms with Gasteiger partial charge in [-0.3, -0.25) is 4.79 Å². The van der Waals surface area contributed by atoms with Gasteiger partial charge in [-0.05, 0) is 54.1 Å². The van der Waals surface area contributed by atoms with Crippen molar-refractivity contribution in [2.45, 2.75) is 6.54 Å². The summed E-state index contributed by atoms with van der Waals surface area (Å²) in [5.41, 5.74) is 2.37. The third-order valence-corrected chi connectivity index (χ3v) is 4.81. The molecule has 0 fully saturated rings. The fraction of sp³-hybridized carbons (Fsp3) is 0.0455. The average Bonchev–Trinajstić information content (AvgIpc) is 3.19. The van der Waals surface area contributed by atoms with Crippen LogP contribution in [-0.2, 0) is 6.54 Å². The van der Waals surface area contributed by atoms with Gasteiger partial charge in [-0.2, -0.15) is 0 Å². The van der Waals surface area contributed by atoms with E-state index in [0.29, 0.717) is 17.9 Å². The molecule has 3 aromatic carbocycles. The van der Waals surface area contributed by atoms with E-state index in [1.807, 2.05) is 54.6 Å². The Morgan fingerprint density at radius 1 is 0.966 bits per heavy atom. The van der Waals surface area contributed by atoms with Gasteiger partial charge in [0.2, 0.25) is 5.82 Å². The highest BCUT2D eigenvalue weighted by Gasteiger charge is 2.18. The first kappa shape index (κ1) is 19.0. The second-order valence-corrected chi connectivity index (χ2v) is 7.24. The van der Waals surface area contributed by atoms with E-state index >= 15 is 0 Å². The zero-order valence-corrected chi connectivity index (χ0v) is 16.8. The molecule has 0 saturated carbocycles. The second kappa shape index (κ2) is 8.36. The lowest BCUT2D eigenvalue weighted by atomic mass is 10.2. The summed E-state index contributed by atoms with van der Waals surface area (Å²) in [5.74, 6) is -0.224. The number of nitrogens with zero attached hydrogens (tertiary/aromatic N) is 3. The third-order valence-electron chi connectivity index (χ3n) is 4.28. The summed E-state index contributed by atoms with van der Waals surface area (Å²) in [6, 6.07) is 23.0. The lowest BCUT2D eigenvalue weighted by Crippen LogP contribution is -2.24. The predicted molar refractivity (Wildman–Crippen MR) is 112 cm³/mol. The first-order chi connectivity index (χ1) is 14.1. The Morgan fingerprint density at radius 3 is 2.34 bits per heavy atom. The van der Waals surface area contributed by atoms with Crippen molar-refractivity contribution in [1.29, 1.82) is 0 Å². The summed E-state index contributed by atoms with van der Waals surface area (Å²) in [4.78, 5) is 17.1. The van der Waals surface area contributed by atoms with Crippen molar-refractivity contribution in [1.82, 2.24) is 20.1 Å². The van der Waals surface area contributed by atoms with Crippen molar-refractivity contribution >= 4 is 21.8 Å². The number of hydrogen-bond acceptors (Lipinski definition) is 3. The Labute approximate surface area is 175 Å². The van der Waals surface area contributed by atoms with Gasteiger partial charge in [0.15, 0.2) is 5.82 Å². The molecule has 29 heavy (non-hydrogen) atoms. The summed E-state index contributed by atoms with van der Waals surface area (Å²) in [5, 5.41) is 7.24. The van der Waals surface area contributed by atoms with Crippen LogP contribution in [0.1, 0.15) is 16.2 Å². The Kier molecular flexibility index (Phi) is 5.48. The Hall–Kier alpha value is -3.32. The molecule has 0 saturated heterocycles. The van der Waals surface area contributed by atoms with Crippen LogP contribution in [0.4, 0.5) is 4.39 Å². The van der Waals surface area contributed by atoms with Gasteiger partial charge in [0.05, 0.1) is 5.69 Å². The number of halogens is 2. The third kappa shape index (κ3) is 4.41. The van der Waals surface area contributed by atoms with Gasteiger partial charge in [-0.25, -0.2) is 14.1 Å². The molecule has 1 aromatic heterocycles. The highest BCUT2D eigenvalue weighted by Crippen LogP contribution is 2.23. The fourth-order valence-electron chi connectivity index (χ4n) is 2.81. The van der Waals surface area contributed by atoms with Crippen molar-refractivity contribution in [2.24, 2.45) is 0 Å². The zero-order chi connectivity index (χ0) is 20.2. The lowest BCUT2D eigenvalue weighted by Gasteiger charge is -2.06. The fourth-order valence-corrected chi connectivity index (χ4v) is 3.08. The van der Waals surface area contributed by atoms with Crippen LogP contribution in [0, 0.1) is 5.82 Å². The Bertz CT molecular complexity index is 1060. The highest BCUT2D eigenvalue weighted by molar-refractivity contribution is 9.10. The van der Waals surface area contributed by atoms with Crippen LogP contribution in [0.3, 0.4) is 0 Å². The van der Waals surface area contributed by atoms with Gasteiger partial charge < -0.3 is 5.32 Å². The second-order valence-electron chi connectivity index (χ2n) is 6.32. The van der Waals surface area contributed by atoms with Crippen molar-refractivity contribution in [3.8, 4) is 17.1 Å². The van der Waals surface area contributed by atoms with Crippen LogP contribution in [-0.4, -0.2) is 20.7 Å². The van der Waals surface area contributed by atoms with Gasteiger partial charge in [-0.1, -0.05) is 46.3 Å². The molecule has 4 aromatic rings. The van der Waals surface area contributed by atoms with Crippen LogP contribution in [0.15, 0.2) is 83.3 Å². The van der Waals surface area contributed by atoms with Crippen molar-refractivity contribution in [2.75, 3.05) is 0 Å². The summed E-state index contributed by atoms with van der Waals surface area (Å²) < 4.78 is 15.9. The molecule has 0 radical (unpaired) electrons. The van der Waals surface area contributed by atoms with E-state index in [9.17, 15) is 9.18 Å². The van der Waals surface area contributed by atoms with Gasteiger partial charge in [0.1, 0.15) is 5.82 Å². The number of aromatic nitrogens is 3. The highest BCUT2D eigenvalue weighted by atomic mass is 79.9. The summed E-state index contributed by atoms with van der Waals surface area (Å²) >= 11 is 3.41. The molecule has 7 heteroatoms. The lowest BCUT2D eigenvalue weighted by molar-refractivity contribution is 0.0940.